The van der Waals surface area contributed by atoms with Crippen LogP contribution < -0.4 is 10.2 Å². The molecule has 1 rings (SSSR count). The van der Waals surface area contributed by atoms with Crippen LogP contribution in [0.4, 0.5) is 0 Å². The minimum absolute atomic E-state index is 0.0624. The number of nitrogens with zero attached hydrogens (tertiary/aromatic N) is 1. The van der Waals surface area contributed by atoms with E-state index >= 15 is 0 Å². The van der Waals surface area contributed by atoms with E-state index < -0.39 is 0 Å². The summed E-state index contributed by atoms with van der Waals surface area (Å²) in [4.78, 5) is 12.0. The summed E-state index contributed by atoms with van der Waals surface area (Å²) in [5, 5.41) is 8.43. The Morgan fingerprint density at radius 2 is 1.88 bits per heavy atom. The predicted molar refractivity (Wildman–Crippen MR) is 67.3 cm³/mol. The van der Waals surface area contributed by atoms with Crippen molar-refractivity contribution in [2.45, 2.75) is 33.6 Å². The van der Waals surface area contributed by atoms with Crippen LogP contribution >= 0.6 is 0 Å². The quantitative estimate of drug-likeness (QED) is 0.748. The first-order valence-corrected chi connectivity index (χ1v) is 5.68. The molecule has 0 aliphatic rings. The van der Waals surface area contributed by atoms with Crippen molar-refractivity contribution in [3.63, 3.8) is 0 Å². The van der Waals surface area contributed by atoms with Crippen molar-refractivity contribution in [3.05, 3.63) is 39.0 Å². The number of nitriles is 1. The fourth-order valence-corrected chi connectivity index (χ4v) is 1.72. The second-order valence-electron chi connectivity index (χ2n) is 4.17. The molecule has 0 aromatic heterocycles. The largest absolute Gasteiger partial charge is 0.489 e. The Morgan fingerprint density at radius 1 is 1.24 bits per heavy atom. The first-order valence-electron chi connectivity index (χ1n) is 5.68. The number of ether oxygens (including phenoxy) is 1. The van der Waals surface area contributed by atoms with E-state index in [1.165, 1.54) is 0 Å². The van der Waals surface area contributed by atoms with Gasteiger partial charge in [0.2, 0.25) is 5.43 Å². The fourth-order valence-electron chi connectivity index (χ4n) is 1.72. The molecule has 0 radical (unpaired) electrons. The highest BCUT2D eigenvalue weighted by molar-refractivity contribution is 5.37. The highest BCUT2D eigenvalue weighted by Gasteiger charge is 2.06. The molecule has 1 aromatic carbocycles. The summed E-state index contributed by atoms with van der Waals surface area (Å²) in [6.07, 6.45) is 1.09. The minimum Gasteiger partial charge on any atom is -0.489 e. The standard InChI is InChI=1S/C14H17NO2/c1-10-8-11(2)13(16)14(12(3)9-10)17-7-5-4-6-15/h8-9H,4-5,7H2,1-3H3. The van der Waals surface area contributed by atoms with Crippen LogP contribution in [-0.4, -0.2) is 6.61 Å². The van der Waals surface area contributed by atoms with E-state index in [4.69, 9.17) is 10.00 Å². The number of hydrogen-bond donors (Lipinski definition) is 0. The van der Waals surface area contributed by atoms with Gasteiger partial charge in [0.05, 0.1) is 12.7 Å². The highest BCUT2D eigenvalue weighted by atomic mass is 16.5. The summed E-state index contributed by atoms with van der Waals surface area (Å²) < 4.78 is 5.50. The van der Waals surface area contributed by atoms with Crippen LogP contribution in [0, 0.1) is 32.1 Å². The van der Waals surface area contributed by atoms with Gasteiger partial charge in [-0.05, 0) is 32.8 Å². The van der Waals surface area contributed by atoms with Crippen molar-refractivity contribution >= 4 is 0 Å². The molecular weight excluding hydrogens is 214 g/mol. The van der Waals surface area contributed by atoms with E-state index in [0.29, 0.717) is 30.8 Å². The van der Waals surface area contributed by atoms with E-state index in [9.17, 15) is 4.79 Å². The van der Waals surface area contributed by atoms with Gasteiger partial charge in [-0.3, -0.25) is 4.79 Å². The molecule has 1 aromatic rings. The van der Waals surface area contributed by atoms with Crippen molar-refractivity contribution in [2.24, 2.45) is 0 Å². The molecule has 90 valence electrons. The van der Waals surface area contributed by atoms with Crippen molar-refractivity contribution < 1.29 is 4.74 Å². The van der Waals surface area contributed by atoms with Crippen molar-refractivity contribution in [1.29, 1.82) is 5.26 Å². The van der Waals surface area contributed by atoms with Gasteiger partial charge >= 0.3 is 0 Å². The van der Waals surface area contributed by atoms with Crippen LogP contribution in [0.25, 0.3) is 0 Å². The Bertz CT molecular complexity index is 501. The predicted octanol–water partition coefficient (Wildman–Crippen LogP) is 2.65. The molecule has 0 amide bonds. The van der Waals surface area contributed by atoms with Crippen LogP contribution in [0.15, 0.2) is 16.9 Å². The molecule has 0 saturated carbocycles. The Balaban J connectivity index is 3.00. The van der Waals surface area contributed by atoms with Gasteiger partial charge in [-0.2, -0.15) is 5.26 Å². The van der Waals surface area contributed by atoms with Crippen LogP contribution in [0.1, 0.15) is 29.5 Å². The molecule has 0 aliphatic heterocycles. The number of unbranched alkanes of at least 4 members (excludes halogenated alkanes) is 1. The number of aryl methyl sites for hydroxylation is 3. The lowest BCUT2D eigenvalue weighted by molar-refractivity contribution is 0.308. The molecule has 3 heteroatoms. The molecule has 0 heterocycles. The first kappa shape index (κ1) is 13.2. The fraction of sp³-hybridized carbons (Fsp3) is 0.429. The average molecular weight is 231 g/mol. The lowest BCUT2D eigenvalue weighted by Gasteiger charge is -2.04. The minimum atomic E-state index is -0.0624. The number of hydrogen-bond acceptors (Lipinski definition) is 3. The van der Waals surface area contributed by atoms with E-state index in [2.05, 4.69) is 6.07 Å². The Kier molecular flexibility index (Phi) is 4.71. The summed E-state index contributed by atoms with van der Waals surface area (Å²) in [6.45, 7) is 6.02. The van der Waals surface area contributed by atoms with Crippen LogP contribution in [0.5, 0.6) is 5.75 Å². The maximum absolute atomic E-state index is 12.0. The normalized spacial score (nSPS) is 9.76. The Labute approximate surface area is 102 Å². The van der Waals surface area contributed by atoms with Gasteiger partial charge in [-0.15, -0.1) is 0 Å². The van der Waals surface area contributed by atoms with Crippen LogP contribution in [0.3, 0.4) is 0 Å². The third kappa shape index (κ3) is 3.60. The third-order valence-corrected chi connectivity index (χ3v) is 2.49. The molecule has 0 unspecified atom stereocenters. The zero-order valence-corrected chi connectivity index (χ0v) is 10.5. The summed E-state index contributed by atoms with van der Waals surface area (Å²) in [7, 11) is 0. The smallest absolute Gasteiger partial charge is 0.223 e. The Hall–Kier alpha value is -1.82. The van der Waals surface area contributed by atoms with Gasteiger partial charge in [-0.1, -0.05) is 17.7 Å². The topological polar surface area (TPSA) is 50.1 Å². The van der Waals surface area contributed by atoms with Crippen LogP contribution in [-0.2, 0) is 0 Å². The SMILES string of the molecule is Cc1cc(C)c(OCCCC#N)c(=O)c(C)c1. The molecule has 0 fully saturated rings. The first-order chi connectivity index (χ1) is 8.06. The molecule has 17 heavy (non-hydrogen) atoms. The summed E-state index contributed by atoms with van der Waals surface area (Å²) in [6, 6.07) is 5.85. The second kappa shape index (κ2) is 6.05. The zero-order chi connectivity index (χ0) is 12.8. The zero-order valence-electron chi connectivity index (χ0n) is 10.5. The third-order valence-electron chi connectivity index (χ3n) is 2.49. The van der Waals surface area contributed by atoms with E-state index in [-0.39, 0.29) is 5.43 Å². The van der Waals surface area contributed by atoms with Gasteiger partial charge in [-0.25, -0.2) is 0 Å². The van der Waals surface area contributed by atoms with Crippen molar-refractivity contribution in [3.8, 4) is 11.8 Å². The van der Waals surface area contributed by atoms with E-state index in [1.54, 1.807) is 6.92 Å². The van der Waals surface area contributed by atoms with Crippen molar-refractivity contribution in [2.75, 3.05) is 6.61 Å². The van der Waals surface area contributed by atoms with Gasteiger partial charge in [0.15, 0.2) is 5.75 Å². The average Bonchev–Trinajstić information content (AvgIpc) is 2.35. The molecule has 0 saturated heterocycles. The van der Waals surface area contributed by atoms with Gasteiger partial charge in [0.1, 0.15) is 0 Å². The summed E-state index contributed by atoms with van der Waals surface area (Å²) in [5.74, 6) is 0.411. The maximum atomic E-state index is 12.0. The van der Waals surface area contributed by atoms with E-state index in [0.717, 1.165) is 11.1 Å². The number of rotatable bonds is 4. The van der Waals surface area contributed by atoms with Crippen LogP contribution in [0.2, 0.25) is 0 Å². The molecule has 0 N–H and O–H groups in total. The second-order valence-corrected chi connectivity index (χ2v) is 4.17. The lowest BCUT2D eigenvalue weighted by atomic mass is 10.2. The van der Waals surface area contributed by atoms with E-state index in [1.807, 2.05) is 26.0 Å². The maximum Gasteiger partial charge on any atom is 0.223 e. The monoisotopic (exact) mass is 231 g/mol. The molecule has 0 spiro atoms. The molecule has 0 aliphatic carbocycles. The van der Waals surface area contributed by atoms with Gasteiger partial charge in [0, 0.05) is 12.0 Å². The summed E-state index contributed by atoms with van der Waals surface area (Å²) in [5.41, 5.74) is 2.51. The molecule has 0 bridgehead atoms. The molecular formula is C14H17NO2. The van der Waals surface area contributed by atoms with Gasteiger partial charge in [0.25, 0.3) is 0 Å². The Morgan fingerprint density at radius 3 is 2.53 bits per heavy atom. The summed E-state index contributed by atoms with van der Waals surface area (Å²) >= 11 is 0. The molecule has 3 nitrogen and oxygen atoms in total. The molecule has 0 atom stereocenters. The van der Waals surface area contributed by atoms with Crippen molar-refractivity contribution in [1.82, 2.24) is 0 Å². The highest BCUT2D eigenvalue weighted by Crippen LogP contribution is 2.14. The lowest BCUT2D eigenvalue weighted by Crippen LogP contribution is -2.10. The van der Waals surface area contributed by atoms with Gasteiger partial charge < -0.3 is 4.74 Å².